The van der Waals surface area contributed by atoms with E-state index in [4.69, 9.17) is 0 Å². The molecule has 1 atom stereocenters. The summed E-state index contributed by atoms with van der Waals surface area (Å²) in [5.41, 5.74) is 4.61. The molecule has 0 spiro atoms. The Labute approximate surface area is 122 Å². The van der Waals surface area contributed by atoms with Crippen molar-refractivity contribution in [2.75, 3.05) is 7.05 Å². The van der Waals surface area contributed by atoms with Gasteiger partial charge in [-0.15, -0.1) is 0 Å². The highest BCUT2D eigenvalue weighted by Gasteiger charge is 2.50. The van der Waals surface area contributed by atoms with Crippen LogP contribution in [0.3, 0.4) is 0 Å². The van der Waals surface area contributed by atoms with Crippen molar-refractivity contribution in [3.8, 4) is 0 Å². The Morgan fingerprint density at radius 2 is 1.80 bits per heavy atom. The summed E-state index contributed by atoms with van der Waals surface area (Å²) in [5.74, 6) is 0. The second kappa shape index (κ2) is 5.41. The van der Waals surface area contributed by atoms with Gasteiger partial charge in [-0.1, -0.05) is 61.5 Å². The molecule has 1 N–H and O–H groups in total. The van der Waals surface area contributed by atoms with E-state index in [1.807, 2.05) is 0 Å². The Morgan fingerprint density at radius 3 is 2.40 bits per heavy atom. The van der Waals surface area contributed by atoms with E-state index in [0.717, 1.165) is 6.42 Å². The Kier molecular flexibility index (Phi) is 3.62. The molecule has 2 aromatic rings. The van der Waals surface area contributed by atoms with Crippen LogP contribution in [0.15, 0.2) is 54.6 Å². The molecule has 1 heteroatoms. The van der Waals surface area contributed by atoms with Crippen molar-refractivity contribution in [3.05, 3.63) is 71.3 Å². The number of hydrogen-bond acceptors (Lipinski definition) is 1. The van der Waals surface area contributed by atoms with Crippen molar-refractivity contribution >= 4 is 0 Å². The van der Waals surface area contributed by atoms with E-state index >= 15 is 0 Å². The average Bonchev–Trinajstić information content (AvgIpc) is 3.31. The van der Waals surface area contributed by atoms with E-state index in [9.17, 15) is 0 Å². The lowest BCUT2D eigenvalue weighted by Gasteiger charge is -2.28. The number of rotatable bonds is 5. The van der Waals surface area contributed by atoms with Crippen molar-refractivity contribution in [2.45, 2.75) is 37.6 Å². The van der Waals surface area contributed by atoms with E-state index in [2.05, 4.69) is 73.9 Å². The minimum Gasteiger partial charge on any atom is -0.312 e. The minimum atomic E-state index is 0.294. The molecular weight excluding hydrogens is 242 g/mol. The highest BCUT2D eigenvalue weighted by molar-refractivity contribution is 5.39. The minimum absolute atomic E-state index is 0.294. The topological polar surface area (TPSA) is 12.0 Å². The van der Waals surface area contributed by atoms with Gasteiger partial charge in [0.15, 0.2) is 0 Å². The molecule has 1 unspecified atom stereocenters. The molecule has 0 aliphatic heterocycles. The molecular formula is C19H23N. The third kappa shape index (κ3) is 2.27. The van der Waals surface area contributed by atoms with Crippen molar-refractivity contribution in [1.82, 2.24) is 5.32 Å². The quantitative estimate of drug-likeness (QED) is 0.852. The molecule has 0 saturated heterocycles. The summed E-state index contributed by atoms with van der Waals surface area (Å²) in [4.78, 5) is 0. The first-order valence-electron chi connectivity index (χ1n) is 7.62. The third-order valence-corrected chi connectivity index (χ3v) is 4.67. The maximum Gasteiger partial charge on any atom is 0.0415 e. The summed E-state index contributed by atoms with van der Waals surface area (Å²) in [5, 5.41) is 3.57. The summed E-state index contributed by atoms with van der Waals surface area (Å²) < 4.78 is 0. The van der Waals surface area contributed by atoms with Crippen molar-refractivity contribution < 1.29 is 0 Å². The van der Waals surface area contributed by atoms with Gasteiger partial charge in [0.1, 0.15) is 0 Å². The molecule has 2 aromatic carbocycles. The number of hydrogen-bond donors (Lipinski definition) is 1. The number of nitrogens with one attached hydrogen (secondary N) is 1. The molecule has 1 saturated carbocycles. The Morgan fingerprint density at radius 1 is 1.05 bits per heavy atom. The van der Waals surface area contributed by atoms with Crippen LogP contribution < -0.4 is 5.32 Å². The van der Waals surface area contributed by atoms with Gasteiger partial charge in [-0.05, 0) is 43.0 Å². The van der Waals surface area contributed by atoms with Crippen molar-refractivity contribution in [3.63, 3.8) is 0 Å². The Bertz CT molecular complexity index is 569. The number of likely N-dealkylation sites (N-methyl/N-ethyl adjacent to an activating group) is 1. The molecule has 1 fully saturated rings. The lowest BCUT2D eigenvalue weighted by Crippen LogP contribution is -2.29. The molecule has 20 heavy (non-hydrogen) atoms. The largest absolute Gasteiger partial charge is 0.312 e. The van der Waals surface area contributed by atoms with Crippen molar-refractivity contribution in [1.29, 1.82) is 0 Å². The van der Waals surface area contributed by atoms with E-state index < -0.39 is 0 Å². The highest BCUT2D eigenvalue weighted by atomic mass is 14.9. The summed E-state index contributed by atoms with van der Waals surface area (Å²) in [7, 11) is 2.09. The molecule has 0 heterocycles. The molecule has 3 rings (SSSR count). The lowest BCUT2D eigenvalue weighted by molar-refractivity contribution is 0.463. The van der Waals surface area contributed by atoms with Crippen LogP contribution >= 0.6 is 0 Å². The van der Waals surface area contributed by atoms with Gasteiger partial charge in [-0.25, -0.2) is 0 Å². The van der Waals surface area contributed by atoms with Gasteiger partial charge in [0, 0.05) is 11.5 Å². The van der Waals surface area contributed by atoms with Crippen molar-refractivity contribution in [2.24, 2.45) is 0 Å². The molecule has 0 amide bonds. The summed E-state index contributed by atoms with van der Waals surface area (Å²) in [6.45, 7) is 2.22. The van der Waals surface area contributed by atoms with Gasteiger partial charge < -0.3 is 5.32 Å². The van der Waals surface area contributed by atoms with Crippen LogP contribution in [0.2, 0.25) is 0 Å². The monoisotopic (exact) mass is 265 g/mol. The first-order chi connectivity index (χ1) is 9.80. The highest BCUT2D eigenvalue weighted by Crippen LogP contribution is 2.56. The van der Waals surface area contributed by atoms with Gasteiger partial charge in [-0.3, -0.25) is 0 Å². The zero-order valence-electron chi connectivity index (χ0n) is 12.4. The van der Waals surface area contributed by atoms with Crippen LogP contribution in [0, 0.1) is 0 Å². The number of aryl methyl sites for hydroxylation is 1. The molecule has 1 aliphatic rings. The predicted octanol–water partition coefficient (Wildman–Crippen LogP) is 4.24. The maximum absolute atomic E-state index is 3.57. The molecule has 0 aromatic heterocycles. The second-order valence-corrected chi connectivity index (χ2v) is 5.84. The average molecular weight is 265 g/mol. The van der Waals surface area contributed by atoms with Crippen LogP contribution in [-0.4, -0.2) is 7.05 Å². The van der Waals surface area contributed by atoms with Gasteiger partial charge >= 0.3 is 0 Å². The maximum atomic E-state index is 3.57. The number of benzene rings is 2. The van der Waals surface area contributed by atoms with Crippen LogP contribution in [0.4, 0.5) is 0 Å². The first kappa shape index (κ1) is 13.4. The van der Waals surface area contributed by atoms with Crippen LogP contribution in [0.25, 0.3) is 0 Å². The summed E-state index contributed by atoms with van der Waals surface area (Å²) >= 11 is 0. The molecule has 0 bridgehead atoms. The Balaban J connectivity index is 1.97. The zero-order chi connectivity index (χ0) is 14.0. The second-order valence-electron chi connectivity index (χ2n) is 5.84. The predicted molar refractivity (Wildman–Crippen MR) is 85.0 cm³/mol. The molecule has 0 radical (unpaired) electrons. The zero-order valence-corrected chi connectivity index (χ0v) is 12.4. The van der Waals surface area contributed by atoms with E-state index in [-0.39, 0.29) is 0 Å². The fourth-order valence-electron chi connectivity index (χ4n) is 3.40. The van der Waals surface area contributed by atoms with Crippen LogP contribution in [-0.2, 0) is 11.8 Å². The Hall–Kier alpha value is -1.60. The van der Waals surface area contributed by atoms with Gasteiger partial charge in [0.2, 0.25) is 0 Å². The van der Waals surface area contributed by atoms with Crippen LogP contribution in [0.5, 0.6) is 0 Å². The van der Waals surface area contributed by atoms with E-state index in [0.29, 0.717) is 11.5 Å². The third-order valence-electron chi connectivity index (χ3n) is 4.67. The van der Waals surface area contributed by atoms with Gasteiger partial charge in [0.05, 0.1) is 0 Å². The smallest absolute Gasteiger partial charge is 0.0415 e. The summed E-state index contributed by atoms with van der Waals surface area (Å²) in [6.07, 6.45) is 3.65. The summed E-state index contributed by atoms with van der Waals surface area (Å²) in [6, 6.07) is 20.4. The fourth-order valence-corrected chi connectivity index (χ4v) is 3.40. The standard InChI is InChI=1S/C19H23N/c1-3-15-8-7-9-16(14-15)18(20-2)19(12-13-19)17-10-5-4-6-11-17/h4-11,14,18,20H,3,12-13H2,1-2H3. The SMILES string of the molecule is CCc1cccc(C(NC)C2(c3ccccc3)CC2)c1. The lowest BCUT2D eigenvalue weighted by atomic mass is 9.83. The van der Waals surface area contributed by atoms with E-state index in [1.165, 1.54) is 29.5 Å². The van der Waals surface area contributed by atoms with Crippen LogP contribution in [0.1, 0.15) is 42.5 Å². The molecule has 1 nitrogen and oxygen atoms in total. The fraction of sp³-hybridized carbons (Fsp3) is 0.368. The normalized spacial score (nSPS) is 17.7. The van der Waals surface area contributed by atoms with E-state index in [1.54, 1.807) is 0 Å². The van der Waals surface area contributed by atoms with Gasteiger partial charge in [0.25, 0.3) is 0 Å². The molecule has 1 aliphatic carbocycles. The van der Waals surface area contributed by atoms with Gasteiger partial charge in [-0.2, -0.15) is 0 Å². The molecule has 104 valence electrons. The first-order valence-corrected chi connectivity index (χ1v) is 7.62.